The van der Waals surface area contributed by atoms with Crippen molar-refractivity contribution >= 4 is 34.7 Å². The fraction of sp³-hybridized carbons (Fsp3) is 0.136. The zero-order chi connectivity index (χ0) is 20.9. The molecule has 0 aliphatic heterocycles. The number of thioether (sulfide) groups is 1. The van der Waals surface area contributed by atoms with Crippen molar-refractivity contribution in [3.05, 3.63) is 94.2 Å². The molecular weight excluding hydrogens is 419 g/mol. The van der Waals surface area contributed by atoms with Crippen LogP contribution in [0.15, 0.2) is 77.3 Å². The van der Waals surface area contributed by atoms with Crippen LogP contribution in [0.25, 0.3) is 0 Å². The van der Waals surface area contributed by atoms with Gasteiger partial charge in [-0.3, -0.25) is 4.79 Å². The molecule has 0 unspecified atom stereocenters. The van der Waals surface area contributed by atoms with Crippen molar-refractivity contribution in [2.75, 3.05) is 5.32 Å². The molecule has 0 aliphatic carbocycles. The molecule has 1 atom stereocenters. The molecule has 0 bridgehead atoms. The molecule has 0 fully saturated rings. The number of hydrogen-bond acceptors (Lipinski definition) is 5. The zero-order valence-corrected chi connectivity index (χ0v) is 17.8. The van der Waals surface area contributed by atoms with Gasteiger partial charge in [-0.05, 0) is 41.3 Å². The summed E-state index contributed by atoms with van der Waals surface area (Å²) < 4.78 is 15.1. The highest BCUT2D eigenvalue weighted by Crippen LogP contribution is 2.35. The minimum Gasteiger partial charge on any atom is -0.325 e. The second-order valence-corrected chi connectivity index (χ2v) is 8.72. The zero-order valence-electron chi connectivity index (χ0n) is 16.2. The molecule has 8 heteroatoms. The normalized spacial score (nSPS) is 11.9. The predicted molar refractivity (Wildman–Crippen MR) is 118 cm³/mol. The van der Waals surface area contributed by atoms with Crippen molar-refractivity contribution in [2.24, 2.45) is 7.05 Å². The van der Waals surface area contributed by atoms with E-state index in [9.17, 15) is 9.18 Å². The molecule has 0 saturated carbocycles. The number of nitrogens with one attached hydrogen (secondary N) is 1. The van der Waals surface area contributed by atoms with E-state index in [1.165, 1.54) is 28.8 Å². The number of benzene rings is 2. The maximum absolute atomic E-state index is 13.2. The summed E-state index contributed by atoms with van der Waals surface area (Å²) in [5, 5.41) is 13.7. The molecule has 5 nitrogen and oxygen atoms in total. The van der Waals surface area contributed by atoms with Crippen molar-refractivity contribution in [1.82, 2.24) is 14.8 Å². The number of thiophene rings is 1. The van der Waals surface area contributed by atoms with Crippen LogP contribution in [0, 0.1) is 5.82 Å². The number of aromatic nitrogens is 3. The third-order valence-corrected chi connectivity index (χ3v) is 6.68. The van der Waals surface area contributed by atoms with E-state index >= 15 is 0 Å². The summed E-state index contributed by atoms with van der Waals surface area (Å²) in [7, 11) is 1.91. The van der Waals surface area contributed by atoms with Crippen LogP contribution < -0.4 is 5.32 Å². The highest BCUT2D eigenvalue weighted by atomic mass is 32.2. The fourth-order valence-electron chi connectivity index (χ4n) is 2.92. The summed E-state index contributed by atoms with van der Waals surface area (Å²) >= 11 is 3.01. The van der Waals surface area contributed by atoms with Crippen molar-refractivity contribution < 1.29 is 9.18 Å². The van der Waals surface area contributed by atoms with Gasteiger partial charge in [-0.1, -0.05) is 48.2 Å². The van der Waals surface area contributed by atoms with Gasteiger partial charge in [0.2, 0.25) is 5.91 Å². The molecular formula is C22H19FN4OS2. The first-order valence-corrected chi connectivity index (χ1v) is 11.0. The quantitative estimate of drug-likeness (QED) is 0.409. The van der Waals surface area contributed by atoms with Crippen LogP contribution in [-0.4, -0.2) is 20.7 Å². The van der Waals surface area contributed by atoms with E-state index in [2.05, 4.69) is 21.6 Å². The van der Waals surface area contributed by atoms with Crippen molar-refractivity contribution in [2.45, 2.75) is 16.8 Å². The smallest absolute Gasteiger partial charge is 0.242 e. The number of nitrogens with zero attached hydrogens (tertiary/aromatic N) is 3. The summed E-state index contributed by atoms with van der Waals surface area (Å²) in [5.74, 6) is 0.283. The average Bonchev–Trinajstić information content (AvgIpc) is 3.39. The Hall–Kier alpha value is -2.97. The Bertz CT molecular complexity index is 1110. The molecule has 30 heavy (non-hydrogen) atoms. The van der Waals surface area contributed by atoms with Gasteiger partial charge in [-0.15, -0.1) is 21.5 Å². The van der Waals surface area contributed by atoms with Gasteiger partial charge in [0.05, 0.1) is 0 Å². The van der Waals surface area contributed by atoms with Crippen molar-refractivity contribution in [1.29, 1.82) is 0 Å². The van der Waals surface area contributed by atoms with Gasteiger partial charge >= 0.3 is 0 Å². The lowest BCUT2D eigenvalue weighted by molar-refractivity contribution is -0.115. The fourth-order valence-corrected chi connectivity index (χ4v) is 4.64. The molecule has 2 aromatic heterocycles. The van der Waals surface area contributed by atoms with E-state index in [1.54, 1.807) is 23.5 Å². The minimum atomic E-state index is -0.534. The second kappa shape index (κ2) is 9.23. The van der Waals surface area contributed by atoms with Gasteiger partial charge in [0, 0.05) is 24.0 Å². The second-order valence-electron chi connectivity index (χ2n) is 6.62. The number of hydrogen-bond donors (Lipinski definition) is 1. The number of anilines is 1. The summed E-state index contributed by atoms with van der Waals surface area (Å²) in [6, 6.07) is 19.3. The van der Waals surface area contributed by atoms with Gasteiger partial charge in [-0.2, -0.15) is 0 Å². The lowest BCUT2D eigenvalue weighted by Crippen LogP contribution is -2.19. The molecule has 4 rings (SSSR count). The molecule has 4 aromatic rings. The van der Waals surface area contributed by atoms with Crippen LogP contribution in [0.5, 0.6) is 0 Å². The number of halogens is 1. The van der Waals surface area contributed by atoms with E-state index in [4.69, 9.17) is 0 Å². The van der Waals surface area contributed by atoms with E-state index in [1.807, 2.05) is 53.4 Å². The molecule has 0 radical (unpaired) electrons. The predicted octanol–water partition coefficient (Wildman–Crippen LogP) is 5.08. The van der Waals surface area contributed by atoms with Crippen LogP contribution >= 0.6 is 23.1 Å². The largest absolute Gasteiger partial charge is 0.325 e. The standard InChI is InChI=1S/C22H19FN4OS2/c1-27-19(14-18-8-5-13-29-18)25-26-22(27)30-20(15-6-3-2-4-7-15)21(28)24-17-11-9-16(23)10-12-17/h2-13,20H,14H2,1H3,(H,24,28)/t20-/m0/s1. The van der Waals surface area contributed by atoms with Crippen LogP contribution in [0.1, 0.15) is 21.5 Å². The van der Waals surface area contributed by atoms with E-state index in [0.29, 0.717) is 17.3 Å². The summed E-state index contributed by atoms with van der Waals surface area (Å²) in [6.45, 7) is 0. The van der Waals surface area contributed by atoms with E-state index in [0.717, 1.165) is 11.4 Å². The number of carbonyl (C=O) groups is 1. The molecule has 2 heterocycles. The average molecular weight is 439 g/mol. The minimum absolute atomic E-state index is 0.208. The highest BCUT2D eigenvalue weighted by Gasteiger charge is 2.25. The molecule has 0 spiro atoms. The Morgan fingerprint density at radius 3 is 2.57 bits per heavy atom. The Morgan fingerprint density at radius 2 is 1.87 bits per heavy atom. The van der Waals surface area contributed by atoms with Crippen LogP contribution in [-0.2, 0) is 18.3 Å². The molecule has 152 valence electrons. The lowest BCUT2D eigenvalue weighted by Gasteiger charge is -2.16. The van der Waals surface area contributed by atoms with E-state index in [-0.39, 0.29) is 11.7 Å². The Labute approximate surface area is 182 Å². The Balaban J connectivity index is 1.57. The first-order chi connectivity index (χ1) is 14.6. The van der Waals surface area contributed by atoms with E-state index < -0.39 is 5.25 Å². The summed E-state index contributed by atoms with van der Waals surface area (Å²) in [5.41, 5.74) is 1.39. The van der Waals surface area contributed by atoms with Crippen molar-refractivity contribution in [3.63, 3.8) is 0 Å². The number of rotatable bonds is 7. The maximum Gasteiger partial charge on any atom is 0.242 e. The number of amides is 1. The lowest BCUT2D eigenvalue weighted by atomic mass is 10.1. The molecule has 0 aliphatic rings. The highest BCUT2D eigenvalue weighted by molar-refractivity contribution is 8.00. The molecule has 1 amide bonds. The maximum atomic E-state index is 13.2. The SMILES string of the molecule is Cn1c(Cc2cccs2)nnc1S[C@H](C(=O)Nc1ccc(F)cc1)c1ccccc1. The molecule has 1 N–H and O–H groups in total. The third-order valence-electron chi connectivity index (χ3n) is 4.51. The van der Waals surface area contributed by atoms with Gasteiger partial charge in [0.15, 0.2) is 5.16 Å². The summed E-state index contributed by atoms with van der Waals surface area (Å²) in [6.07, 6.45) is 0.694. The molecule has 0 saturated heterocycles. The first-order valence-electron chi connectivity index (χ1n) is 9.29. The number of carbonyl (C=O) groups excluding carboxylic acids is 1. The van der Waals surface area contributed by atoms with Crippen LogP contribution in [0.2, 0.25) is 0 Å². The Kier molecular flexibility index (Phi) is 6.25. The summed E-state index contributed by atoms with van der Waals surface area (Å²) in [4.78, 5) is 14.3. The van der Waals surface area contributed by atoms with Gasteiger partial charge < -0.3 is 9.88 Å². The van der Waals surface area contributed by atoms with Gasteiger partial charge in [0.1, 0.15) is 16.9 Å². The Morgan fingerprint density at radius 1 is 1.10 bits per heavy atom. The van der Waals surface area contributed by atoms with Gasteiger partial charge in [0.25, 0.3) is 0 Å². The van der Waals surface area contributed by atoms with Crippen LogP contribution in [0.4, 0.5) is 10.1 Å². The monoisotopic (exact) mass is 438 g/mol. The van der Waals surface area contributed by atoms with Gasteiger partial charge in [-0.25, -0.2) is 4.39 Å². The first kappa shape index (κ1) is 20.3. The topological polar surface area (TPSA) is 59.8 Å². The third kappa shape index (κ3) is 4.77. The van der Waals surface area contributed by atoms with Crippen LogP contribution in [0.3, 0.4) is 0 Å². The van der Waals surface area contributed by atoms with Crippen molar-refractivity contribution in [3.8, 4) is 0 Å². The molecule has 2 aromatic carbocycles.